The summed E-state index contributed by atoms with van der Waals surface area (Å²) >= 11 is 0. The number of nitrogens with zero attached hydrogens (tertiary/aromatic N) is 1. The predicted octanol–water partition coefficient (Wildman–Crippen LogP) is 3.22. The summed E-state index contributed by atoms with van der Waals surface area (Å²) in [6.07, 6.45) is 5.20. The van der Waals surface area contributed by atoms with E-state index in [1.54, 1.807) is 7.11 Å². The van der Waals surface area contributed by atoms with Gasteiger partial charge in [-0.1, -0.05) is 18.9 Å². The molecule has 0 atom stereocenters. The Balaban J connectivity index is 2.30. The molecule has 0 spiro atoms. The van der Waals surface area contributed by atoms with Crippen molar-refractivity contribution >= 4 is 0 Å². The Morgan fingerprint density at radius 2 is 2.07 bits per heavy atom. The highest BCUT2D eigenvalue weighted by Gasteiger charge is 2.18. The number of methoxy groups -OCH3 is 1. The quantitative estimate of drug-likeness (QED) is 0.736. The average molecular weight is 201 g/mol. The van der Waals surface area contributed by atoms with Crippen LogP contribution in [0.5, 0.6) is 5.75 Å². The van der Waals surface area contributed by atoms with Gasteiger partial charge < -0.3 is 4.74 Å². The third-order valence-electron chi connectivity index (χ3n) is 3.17. The monoisotopic (exact) mass is 201 g/mol. The Hall–Kier alpha value is -1.49. The van der Waals surface area contributed by atoms with E-state index in [0.717, 1.165) is 0 Å². The molecule has 0 saturated heterocycles. The van der Waals surface area contributed by atoms with Gasteiger partial charge in [-0.15, -0.1) is 0 Å². The maximum absolute atomic E-state index is 8.88. The molecular weight excluding hydrogens is 186 g/mol. The van der Waals surface area contributed by atoms with E-state index >= 15 is 0 Å². The lowest BCUT2D eigenvalue weighted by atomic mass is 9.96. The van der Waals surface area contributed by atoms with Crippen LogP contribution in [0.15, 0.2) is 18.2 Å². The Labute approximate surface area is 90.5 Å². The van der Waals surface area contributed by atoms with Crippen molar-refractivity contribution in [3.05, 3.63) is 29.3 Å². The van der Waals surface area contributed by atoms with Gasteiger partial charge in [-0.25, -0.2) is 0 Å². The molecule has 1 aromatic rings. The molecule has 0 bridgehead atoms. The van der Waals surface area contributed by atoms with E-state index in [-0.39, 0.29) is 0 Å². The molecule has 1 aliphatic rings. The van der Waals surface area contributed by atoms with Gasteiger partial charge in [0.25, 0.3) is 0 Å². The van der Waals surface area contributed by atoms with E-state index in [9.17, 15) is 0 Å². The van der Waals surface area contributed by atoms with Crippen LogP contribution >= 0.6 is 0 Å². The van der Waals surface area contributed by atoms with Crippen LogP contribution < -0.4 is 4.74 Å². The van der Waals surface area contributed by atoms with Crippen molar-refractivity contribution in [2.24, 2.45) is 0 Å². The van der Waals surface area contributed by atoms with E-state index in [1.807, 2.05) is 12.1 Å². The van der Waals surface area contributed by atoms with Gasteiger partial charge in [0.05, 0.1) is 12.7 Å². The van der Waals surface area contributed by atoms with Gasteiger partial charge in [0.1, 0.15) is 11.8 Å². The van der Waals surface area contributed by atoms with Gasteiger partial charge in [0.15, 0.2) is 0 Å². The molecule has 0 aromatic heterocycles. The lowest BCUT2D eigenvalue weighted by Crippen LogP contribution is -1.95. The van der Waals surface area contributed by atoms with Crippen LogP contribution in [0.1, 0.15) is 42.7 Å². The Kier molecular flexibility index (Phi) is 2.91. The van der Waals surface area contributed by atoms with E-state index < -0.39 is 0 Å². The van der Waals surface area contributed by atoms with Crippen LogP contribution in [-0.2, 0) is 0 Å². The third-order valence-corrected chi connectivity index (χ3v) is 3.17. The van der Waals surface area contributed by atoms with Crippen molar-refractivity contribution in [1.82, 2.24) is 0 Å². The van der Waals surface area contributed by atoms with Gasteiger partial charge >= 0.3 is 0 Å². The molecule has 0 aliphatic heterocycles. The van der Waals surface area contributed by atoms with Crippen molar-refractivity contribution in [3.63, 3.8) is 0 Å². The highest BCUT2D eigenvalue weighted by atomic mass is 16.5. The van der Waals surface area contributed by atoms with Crippen LogP contribution in [0.4, 0.5) is 0 Å². The minimum Gasteiger partial charge on any atom is -0.495 e. The first-order valence-electron chi connectivity index (χ1n) is 5.43. The Morgan fingerprint density at radius 3 is 2.67 bits per heavy atom. The minimum atomic E-state index is 0.624. The fourth-order valence-electron chi connectivity index (χ4n) is 2.31. The van der Waals surface area contributed by atoms with Crippen LogP contribution in [0.3, 0.4) is 0 Å². The van der Waals surface area contributed by atoms with Gasteiger partial charge in [-0.05, 0) is 36.5 Å². The maximum Gasteiger partial charge on any atom is 0.136 e. The number of nitriles is 1. The highest BCUT2D eigenvalue weighted by molar-refractivity contribution is 5.46. The zero-order valence-electron chi connectivity index (χ0n) is 8.99. The second kappa shape index (κ2) is 4.35. The van der Waals surface area contributed by atoms with Gasteiger partial charge in [0.2, 0.25) is 0 Å². The van der Waals surface area contributed by atoms with Crippen molar-refractivity contribution in [2.45, 2.75) is 31.6 Å². The van der Waals surface area contributed by atoms with Gasteiger partial charge in [0, 0.05) is 0 Å². The molecule has 0 amide bonds. The molecule has 0 N–H and O–H groups in total. The first-order valence-corrected chi connectivity index (χ1v) is 5.43. The smallest absolute Gasteiger partial charge is 0.136 e. The van der Waals surface area contributed by atoms with Crippen molar-refractivity contribution in [3.8, 4) is 11.8 Å². The van der Waals surface area contributed by atoms with E-state index in [4.69, 9.17) is 10.00 Å². The second-order valence-corrected chi connectivity index (χ2v) is 4.05. The molecule has 15 heavy (non-hydrogen) atoms. The molecule has 1 aromatic carbocycles. The Bertz CT molecular complexity index is 386. The summed E-state index contributed by atoms with van der Waals surface area (Å²) in [6, 6.07) is 8.10. The first-order chi connectivity index (χ1) is 7.35. The number of ether oxygens (including phenoxy) is 1. The molecular formula is C13H15NO. The molecule has 1 fully saturated rings. The van der Waals surface area contributed by atoms with Crippen LogP contribution in [0.25, 0.3) is 0 Å². The SMILES string of the molecule is COc1cc(C2CCCC2)ccc1C#N. The largest absolute Gasteiger partial charge is 0.495 e. The minimum absolute atomic E-state index is 0.624. The lowest BCUT2D eigenvalue weighted by Gasteiger charge is -2.11. The Morgan fingerprint density at radius 1 is 1.33 bits per heavy atom. The summed E-state index contributed by atoms with van der Waals surface area (Å²) < 4.78 is 5.21. The molecule has 0 unspecified atom stereocenters. The number of hydrogen-bond acceptors (Lipinski definition) is 2. The van der Waals surface area contributed by atoms with Crippen molar-refractivity contribution < 1.29 is 4.74 Å². The molecule has 0 radical (unpaired) electrons. The summed E-state index contributed by atoms with van der Waals surface area (Å²) in [5.41, 5.74) is 1.95. The fraction of sp³-hybridized carbons (Fsp3) is 0.462. The predicted molar refractivity (Wildman–Crippen MR) is 58.9 cm³/mol. The zero-order chi connectivity index (χ0) is 10.7. The maximum atomic E-state index is 8.88. The summed E-state index contributed by atoms with van der Waals surface area (Å²) in [5.74, 6) is 1.38. The number of benzene rings is 1. The summed E-state index contributed by atoms with van der Waals surface area (Å²) in [4.78, 5) is 0. The van der Waals surface area contributed by atoms with Crippen LogP contribution in [0, 0.1) is 11.3 Å². The molecule has 0 heterocycles. The molecule has 2 heteroatoms. The van der Waals surface area contributed by atoms with Crippen LogP contribution in [0.2, 0.25) is 0 Å². The molecule has 1 aliphatic carbocycles. The molecule has 2 nitrogen and oxygen atoms in total. The van der Waals surface area contributed by atoms with Crippen molar-refractivity contribution in [2.75, 3.05) is 7.11 Å². The summed E-state index contributed by atoms with van der Waals surface area (Å²) in [6.45, 7) is 0. The molecule has 78 valence electrons. The van der Waals surface area contributed by atoms with Crippen molar-refractivity contribution in [1.29, 1.82) is 5.26 Å². The summed E-state index contributed by atoms with van der Waals surface area (Å²) in [7, 11) is 1.62. The number of hydrogen-bond donors (Lipinski definition) is 0. The first kappa shape index (κ1) is 10.0. The van der Waals surface area contributed by atoms with Gasteiger partial charge in [-0.3, -0.25) is 0 Å². The summed E-state index contributed by atoms with van der Waals surface area (Å²) in [5, 5.41) is 8.88. The average Bonchev–Trinajstić information content (AvgIpc) is 2.81. The second-order valence-electron chi connectivity index (χ2n) is 4.05. The van der Waals surface area contributed by atoms with Crippen LogP contribution in [-0.4, -0.2) is 7.11 Å². The standard InChI is InChI=1S/C13H15NO/c1-15-13-8-11(6-7-12(13)9-14)10-4-2-3-5-10/h6-8,10H,2-5H2,1H3. The zero-order valence-corrected chi connectivity index (χ0v) is 8.99. The highest BCUT2D eigenvalue weighted by Crippen LogP contribution is 2.36. The third kappa shape index (κ3) is 1.97. The van der Waals surface area contributed by atoms with E-state index in [1.165, 1.54) is 31.2 Å². The van der Waals surface area contributed by atoms with Gasteiger partial charge in [-0.2, -0.15) is 5.26 Å². The lowest BCUT2D eigenvalue weighted by molar-refractivity contribution is 0.412. The molecule has 2 rings (SSSR count). The van der Waals surface area contributed by atoms with E-state index in [0.29, 0.717) is 17.2 Å². The number of rotatable bonds is 2. The molecule has 1 saturated carbocycles. The topological polar surface area (TPSA) is 33.0 Å². The fourth-order valence-corrected chi connectivity index (χ4v) is 2.31. The van der Waals surface area contributed by atoms with E-state index in [2.05, 4.69) is 12.1 Å². The normalized spacial score (nSPS) is 16.3.